The summed E-state index contributed by atoms with van der Waals surface area (Å²) in [5, 5.41) is 2.68. The van der Waals surface area contributed by atoms with Gasteiger partial charge in [-0.25, -0.2) is 13.2 Å². The summed E-state index contributed by atoms with van der Waals surface area (Å²) in [4.78, 5) is 24.1. The minimum atomic E-state index is -3.50. The van der Waals surface area contributed by atoms with Crippen molar-refractivity contribution in [2.24, 2.45) is 0 Å². The highest BCUT2D eigenvalue weighted by atomic mass is 32.2. The smallest absolute Gasteiger partial charge is 0.338 e. The summed E-state index contributed by atoms with van der Waals surface area (Å²) in [6.07, 6.45) is 1.75. The zero-order valence-corrected chi connectivity index (χ0v) is 18.4. The van der Waals surface area contributed by atoms with Crippen LogP contribution in [0.4, 0.5) is 5.69 Å². The molecule has 0 bridgehead atoms. The van der Waals surface area contributed by atoms with Crippen molar-refractivity contribution in [3.8, 4) is 5.75 Å². The number of nitrogens with one attached hydrogen (secondary N) is 1. The SMILES string of the molecule is CCOC(=O)c1ccc(NC(=O)COc2ccc(S(=O)(=O)N3CCCC3)cc2C)cc1. The fraction of sp³-hybridized carbons (Fsp3) is 0.364. The Labute approximate surface area is 182 Å². The molecule has 31 heavy (non-hydrogen) atoms. The lowest BCUT2D eigenvalue weighted by atomic mass is 10.2. The Morgan fingerprint density at radius 1 is 1.06 bits per heavy atom. The summed E-state index contributed by atoms with van der Waals surface area (Å²) in [5.74, 6) is -0.361. The molecular weight excluding hydrogens is 420 g/mol. The molecule has 0 aliphatic carbocycles. The van der Waals surface area contributed by atoms with E-state index in [1.165, 1.54) is 10.4 Å². The van der Waals surface area contributed by atoms with Crippen molar-refractivity contribution < 1.29 is 27.5 Å². The van der Waals surface area contributed by atoms with Gasteiger partial charge in [-0.3, -0.25) is 4.79 Å². The van der Waals surface area contributed by atoms with Gasteiger partial charge in [-0.2, -0.15) is 4.31 Å². The Morgan fingerprint density at radius 2 is 1.74 bits per heavy atom. The summed E-state index contributed by atoms with van der Waals surface area (Å²) in [6.45, 7) is 4.61. The molecule has 0 spiro atoms. The van der Waals surface area contributed by atoms with Gasteiger partial charge in [0.1, 0.15) is 5.75 Å². The molecule has 0 unspecified atom stereocenters. The van der Waals surface area contributed by atoms with E-state index in [0.717, 1.165) is 12.8 Å². The number of esters is 1. The van der Waals surface area contributed by atoms with E-state index in [9.17, 15) is 18.0 Å². The number of hydrogen-bond donors (Lipinski definition) is 1. The monoisotopic (exact) mass is 446 g/mol. The Morgan fingerprint density at radius 3 is 2.35 bits per heavy atom. The van der Waals surface area contributed by atoms with E-state index in [-0.39, 0.29) is 17.4 Å². The molecule has 1 saturated heterocycles. The summed E-state index contributed by atoms with van der Waals surface area (Å²) in [5.41, 5.74) is 1.55. The van der Waals surface area contributed by atoms with Gasteiger partial charge in [0.15, 0.2) is 6.61 Å². The van der Waals surface area contributed by atoms with Gasteiger partial charge in [0.2, 0.25) is 10.0 Å². The summed E-state index contributed by atoms with van der Waals surface area (Å²) in [6, 6.07) is 11.0. The molecule has 1 aliphatic rings. The number of amides is 1. The second-order valence-electron chi connectivity index (χ2n) is 7.17. The van der Waals surface area contributed by atoms with Crippen LogP contribution in [0.1, 0.15) is 35.7 Å². The number of sulfonamides is 1. The maximum atomic E-state index is 12.7. The summed E-state index contributed by atoms with van der Waals surface area (Å²) >= 11 is 0. The van der Waals surface area contributed by atoms with Crippen LogP contribution in [0.15, 0.2) is 47.4 Å². The Bertz CT molecular complexity index is 1040. The van der Waals surface area contributed by atoms with E-state index in [2.05, 4.69) is 5.32 Å². The largest absolute Gasteiger partial charge is 0.483 e. The van der Waals surface area contributed by atoms with Crippen LogP contribution in [0.2, 0.25) is 0 Å². The molecule has 1 amide bonds. The summed E-state index contributed by atoms with van der Waals surface area (Å²) in [7, 11) is -3.50. The first-order valence-electron chi connectivity index (χ1n) is 10.1. The van der Waals surface area contributed by atoms with Crippen LogP contribution < -0.4 is 10.1 Å². The number of carbonyl (C=O) groups is 2. The maximum Gasteiger partial charge on any atom is 0.338 e. The van der Waals surface area contributed by atoms with Gasteiger partial charge in [0, 0.05) is 18.8 Å². The number of hydrogen-bond acceptors (Lipinski definition) is 6. The Balaban J connectivity index is 1.57. The van der Waals surface area contributed by atoms with Crippen LogP contribution in [-0.4, -0.2) is 50.9 Å². The van der Waals surface area contributed by atoms with E-state index in [0.29, 0.717) is 42.3 Å². The predicted molar refractivity (Wildman–Crippen MR) is 116 cm³/mol. The van der Waals surface area contributed by atoms with Crippen molar-refractivity contribution >= 4 is 27.6 Å². The molecule has 0 atom stereocenters. The average molecular weight is 447 g/mol. The van der Waals surface area contributed by atoms with Crippen LogP contribution in [0, 0.1) is 6.92 Å². The highest BCUT2D eigenvalue weighted by Gasteiger charge is 2.27. The van der Waals surface area contributed by atoms with Crippen molar-refractivity contribution in [1.29, 1.82) is 0 Å². The molecule has 2 aromatic rings. The number of carbonyl (C=O) groups excluding carboxylic acids is 2. The first kappa shape index (κ1) is 22.8. The zero-order chi connectivity index (χ0) is 22.4. The third-order valence-electron chi connectivity index (χ3n) is 4.89. The van der Waals surface area contributed by atoms with E-state index >= 15 is 0 Å². The van der Waals surface area contributed by atoms with Crippen LogP contribution in [-0.2, 0) is 19.6 Å². The molecule has 1 heterocycles. The normalized spacial score (nSPS) is 14.3. The fourth-order valence-corrected chi connectivity index (χ4v) is 4.87. The fourth-order valence-electron chi connectivity index (χ4n) is 3.27. The number of rotatable bonds is 8. The van der Waals surface area contributed by atoms with Crippen molar-refractivity contribution in [3.05, 3.63) is 53.6 Å². The van der Waals surface area contributed by atoms with Crippen LogP contribution in [0.3, 0.4) is 0 Å². The highest BCUT2D eigenvalue weighted by Crippen LogP contribution is 2.26. The number of aryl methyl sites for hydroxylation is 1. The van der Waals surface area contributed by atoms with E-state index < -0.39 is 16.0 Å². The van der Waals surface area contributed by atoms with E-state index in [1.807, 2.05) is 0 Å². The third kappa shape index (κ3) is 5.62. The predicted octanol–water partition coefficient (Wildman–Crippen LogP) is 2.97. The molecule has 0 radical (unpaired) electrons. The summed E-state index contributed by atoms with van der Waals surface area (Å²) < 4.78 is 37.3. The molecule has 9 heteroatoms. The van der Waals surface area contributed by atoms with E-state index in [4.69, 9.17) is 9.47 Å². The molecule has 166 valence electrons. The molecule has 1 fully saturated rings. The second-order valence-corrected chi connectivity index (χ2v) is 9.11. The number of benzene rings is 2. The zero-order valence-electron chi connectivity index (χ0n) is 17.6. The maximum absolute atomic E-state index is 12.7. The molecule has 8 nitrogen and oxygen atoms in total. The lowest BCUT2D eigenvalue weighted by Gasteiger charge is -2.17. The third-order valence-corrected chi connectivity index (χ3v) is 6.78. The number of ether oxygens (including phenoxy) is 2. The van der Waals surface area contributed by atoms with Gasteiger partial charge in [-0.15, -0.1) is 0 Å². The lowest BCUT2D eigenvalue weighted by molar-refractivity contribution is -0.118. The van der Waals surface area contributed by atoms with Crippen LogP contribution >= 0.6 is 0 Å². The van der Waals surface area contributed by atoms with Crippen molar-refractivity contribution in [1.82, 2.24) is 4.31 Å². The second kappa shape index (κ2) is 9.93. The van der Waals surface area contributed by atoms with Gasteiger partial charge >= 0.3 is 5.97 Å². The standard InChI is InChI=1S/C22H26N2O6S/c1-3-29-22(26)17-6-8-18(9-7-17)23-21(25)15-30-20-11-10-19(14-16(20)2)31(27,28)24-12-4-5-13-24/h6-11,14H,3-5,12-13,15H2,1-2H3,(H,23,25). The Kier molecular flexibility index (Phi) is 7.29. The highest BCUT2D eigenvalue weighted by molar-refractivity contribution is 7.89. The minimum Gasteiger partial charge on any atom is -0.483 e. The molecule has 1 aliphatic heterocycles. The van der Waals surface area contributed by atoms with Crippen molar-refractivity contribution in [2.45, 2.75) is 31.6 Å². The first-order valence-corrected chi connectivity index (χ1v) is 11.6. The minimum absolute atomic E-state index is 0.227. The average Bonchev–Trinajstić information content (AvgIpc) is 3.29. The quantitative estimate of drug-likeness (QED) is 0.626. The van der Waals surface area contributed by atoms with Gasteiger partial charge in [0.25, 0.3) is 5.91 Å². The molecule has 1 N–H and O–H groups in total. The molecule has 3 rings (SSSR count). The van der Waals surface area contributed by atoms with Crippen LogP contribution in [0.5, 0.6) is 5.75 Å². The molecular formula is C22H26N2O6S. The molecule has 2 aromatic carbocycles. The van der Waals surface area contributed by atoms with Crippen molar-refractivity contribution in [2.75, 3.05) is 31.6 Å². The van der Waals surface area contributed by atoms with E-state index in [1.54, 1.807) is 50.2 Å². The molecule has 0 aromatic heterocycles. The number of nitrogens with zero attached hydrogens (tertiary/aromatic N) is 1. The van der Waals surface area contributed by atoms with Gasteiger partial charge < -0.3 is 14.8 Å². The Hall–Kier alpha value is -2.91. The molecule has 0 saturated carbocycles. The van der Waals surface area contributed by atoms with Gasteiger partial charge in [-0.1, -0.05) is 0 Å². The number of anilines is 1. The van der Waals surface area contributed by atoms with Crippen LogP contribution in [0.25, 0.3) is 0 Å². The first-order chi connectivity index (χ1) is 14.8. The topological polar surface area (TPSA) is 102 Å². The van der Waals surface area contributed by atoms with Gasteiger partial charge in [-0.05, 0) is 74.7 Å². The van der Waals surface area contributed by atoms with Crippen molar-refractivity contribution in [3.63, 3.8) is 0 Å². The lowest BCUT2D eigenvalue weighted by Crippen LogP contribution is -2.27. The van der Waals surface area contributed by atoms with Gasteiger partial charge in [0.05, 0.1) is 17.1 Å².